The highest BCUT2D eigenvalue weighted by atomic mass is 32.2. The van der Waals surface area contributed by atoms with Gasteiger partial charge in [-0.15, -0.1) is 15.3 Å². The molecule has 3 aliphatic heterocycles. The molecule has 4 atom stereocenters. The number of rotatable bonds is 11. The molecular formula is C39H38N8O3S. The van der Waals surface area contributed by atoms with Crippen molar-refractivity contribution in [1.29, 1.82) is 0 Å². The number of fused-ring (bicyclic) bond motifs is 2. The smallest absolute Gasteiger partial charge is 0.315 e. The van der Waals surface area contributed by atoms with Gasteiger partial charge in [-0.2, -0.15) is 16.9 Å². The summed E-state index contributed by atoms with van der Waals surface area (Å²) in [7, 11) is 0. The lowest BCUT2D eigenvalue weighted by molar-refractivity contribution is -0.144. The van der Waals surface area contributed by atoms with Crippen LogP contribution in [0.4, 0.5) is 38.9 Å². The summed E-state index contributed by atoms with van der Waals surface area (Å²) in [6, 6.07) is 31.8. The van der Waals surface area contributed by atoms with Crippen molar-refractivity contribution in [1.82, 2.24) is 10.6 Å². The van der Waals surface area contributed by atoms with Crippen molar-refractivity contribution in [2.75, 3.05) is 23.0 Å². The molecule has 0 aliphatic carbocycles. The Balaban J connectivity index is 0.915. The van der Waals surface area contributed by atoms with E-state index < -0.39 is 5.66 Å². The Labute approximate surface area is 299 Å². The largest absolute Gasteiger partial charge is 0.461 e. The number of urea groups is 1. The van der Waals surface area contributed by atoms with E-state index in [1.807, 2.05) is 116 Å². The van der Waals surface area contributed by atoms with Crippen molar-refractivity contribution in [2.24, 2.45) is 20.5 Å². The fourth-order valence-electron chi connectivity index (χ4n) is 7.10. The van der Waals surface area contributed by atoms with E-state index in [1.165, 1.54) is 0 Å². The van der Waals surface area contributed by atoms with Crippen LogP contribution in [0.25, 0.3) is 21.5 Å². The average Bonchev–Trinajstić information content (AvgIpc) is 3.71. The fraction of sp³-hybridized carbons (Fsp3) is 0.282. The van der Waals surface area contributed by atoms with E-state index in [1.54, 1.807) is 0 Å². The number of hydrogen-bond donors (Lipinski definition) is 4. The summed E-state index contributed by atoms with van der Waals surface area (Å²) in [5.41, 5.74) is 4.19. The molecular weight excluding hydrogens is 661 g/mol. The Hall–Kier alpha value is -5.49. The third-order valence-electron chi connectivity index (χ3n) is 9.59. The number of amides is 2. The summed E-state index contributed by atoms with van der Waals surface area (Å²) in [4.78, 5) is 24.4. The second-order valence-corrected chi connectivity index (χ2v) is 14.6. The van der Waals surface area contributed by atoms with Gasteiger partial charge in [0.1, 0.15) is 12.3 Å². The van der Waals surface area contributed by atoms with Crippen molar-refractivity contribution in [2.45, 2.75) is 55.6 Å². The molecule has 8 rings (SSSR count). The molecule has 51 heavy (non-hydrogen) atoms. The van der Waals surface area contributed by atoms with Gasteiger partial charge in [-0.05, 0) is 62.2 Å². The van der Waals surface area contributed by atoms with Crippen LogP contribution in [0.1, 0.15) is 32.6 Å². The molecule has 4 N–H and O–H groups in total. The molecule has 11 nitrogen and oxygen atoms in total. The highest BCUT2D eigenvalue weighted by Crippen LogP contribution is 2.43. The standard InChI is InChI=1S/C39H38N8O3S/c1-39(23-50-35(48)17-8-7-16-34-37-33(22-51-34)40-38(49)41-37)42-31-15-9-14-27-30(20-21-32(43-39)36(27)31)47-46-29-19-18-28(25-12-5-6-13-26(25)29)45-44-24-10-3-2-4-11-24/h2-6,9-15,18-21,33-34,37,42-43H,7-8,16-17,22-23H2,1H3,(H2,40,41,49)/t33-,34-,37-,39?/m1/s1. The van der Waals surface area contributed by atoms with E-state index in [2.05, 4.69) is 31.5 Å². The first-order valence-electron chi connectivity index (χ1n) is 17.3. The molecule has 0 radical (unpaired) electrons. The highest BCUT2D eigenvalue weighted by Gasteiger charge is 2.42. The molecule has 3 aliphatic rings. The van der Waals surface area contributed by atoms with Crippen LogP contribution >= 0.6 is 11.8 Å². The van der Waals surface area contributed by atoms with E-state index in [4.69, 9.17) is 15.0 Å². The fourth-order valence-corrected chi connectivity index (χ4v) is 8.64. The lowest BCUT2D eigenvalue weighted by Gasteiger charge is -2.38. The van der Waals surface area contributed by atoms with Gasteiger partial charge in [0, 0.05) is 50.3 Å². The third kappa shape index (κ3) is 6.96. The average molecular weight is 699 g/mol. The summed E-state index contributed by atoms with van der Waals surface area (Å²) in [5.74, 6) is 0.722. The Bertz CT molecular complexity index is 2160. The molecule has 0 spiro atoms. The minimum atomic E-state index is -0.693. The number of anilines is 2. The Kier molecular flexibility index (Phi) is 8.99. The number of benzene rings is 5. The van der Waals surface area contributed by atoms with Gasteiger partial charge in [-0.25, -0.2) is 4.79 Å². The molecule has 0 aromatic heterocycles. The van der Waals surface area contributed by atoms with Crippen LogP contribution < -0.4 is 21.3 Å². The molecule has 5 aromatic carbocycles. The van der Waals surface area contributed by atoms with Crippen LogP contribution in [0.5, 0.6) is 0 Å². The van der Waals surface area contributed by atoms with Gasteiger partial charge in [-0.3, -0.25) is 4.79 Å². The number of ether oxygens (including phenoxy) is 1. The maximum Gasteiger partial charge on any atom is 0.315 e. The SMILES string of the molecule is CC1(COC(=O)CCCC[C@H]2SC[C@H]3NC(=O)N[C@H]32)Nc2cccc3c(N=Nc4ccc(N=Nc5ccccc5)c5ccccc45)ccc(c23)N1. The zero-order chi connectivity index (χ0) is 34.8. The van der Waals surface area contributed by atoms with Crippen LogP contribution in [0.2, 0.25) is 0 Å². The molecule has 3 heterocycles. The maximum absolute atomic E-state index is 12.7. The van der Waals surface area contributed by atoms with E-state index in [0.29, 0.717) is 11.7 Å². The van der Waals surface area contributed by atoms with E-state index in [9.17, 15) is 9.59 Å². The highest BCUT2D eigenvalue weighted by molar-refractivity contribution is 8.00. The topological polar surface area (TPSA) is 141 Å². The summed E-state index contributed by atoms with van der Waals surface area (Å²) in [5, 5.41) is 35.7. The molecule has 5 aromatic rings. The van der Waals surface area contributed by atoms with Crippen molar-refractivity contribution in [3.05, 3.63) is 97.1 Å². The van der Waals surface area contributed by atoms with Gasteiger partial charge < -0.3 is 26.0 Å². The van der Waals surface area contributed by atoms with Crippen molar-refractivity contribution in [3.63, 3.8) is 0 Å². The van der Waals surface area contributed by atoms with Crippen molar-refractivity contribution < 1.29 is 14.3 Å². The van der Waals surface area contributed by atoms with Crippen LogP contribution in [-0.4, -0.2) is 47.4 Å². The van der Waals surface area contributed by atoms with Gasteiger partial charge >= 0.3 is 12.0 Å². The normalized spacial score (nSPS) is 22.1. The summed E-state index contributed by atoms with van der Waals surface area (Å²) in [6.07, 6.45) is 3.00. The number of carbonyl (C=O) groups is 2. The summed E-state index contributed by atoms with van der Waals surface area (Å²) in [6.45, 7) is 2.15. The molecule has 1 unspecified atom stereocenters. The van der Waals surface area contributed by atoms with Gasteiger partial charge in [0.2, 0.25) is 0 Å². The van der Waals surface area contributed by atoms with Crippen LogP contribution in [0.15, 0.2) is 118 Å². The van der Waals surface area contributed by atoms with Gasteiger partial charge in [0.15, 0.2) is 0 Å². The van der Waals surface area contributed by atoms with E-state index in [-0.39, 0.29) is 30.7 Å². The zero-order valence-electron chi connectivity index (χ0n) is 28.1. The van der Waals surface area contributed by atoms with E-state index >= 15 is 0 Å². The van der Waals surface area contributed by atoms with Gasteiger partial charge in [-0.1, -0.05) is 61.0 Å². The number of thioether (sulfide) groups is 1. The number of hydrogen-bond acceptors (Lipinski definition) is 10. The lowest BCUT2D eigenvalue weighted by atomic mass is 9.99. The Morgan fingerprint density at radius 1 is 0.765 bits per heavy atom. The number of carbonyl (C=O) groups excluding carboxylic acids is 2. The molecule has 2 saturated heterocycles. The van der Waals surface area contributed by atoms with Gasteiger partial charge in [0.05, 0.1) is 34.8 Å². The monoisotopic (exact) mass is 698 g/mol. The van der Waals surface area contributed by atoms with E-state index in [0.717, 1.165) is 80.7 Å². The quantitative estimate of drug-likeness (QED) is 0.0469. The molecule has 2 amide bonds. The summed E-state index contributed by atoms with van der Waals surface area (Å²) < 4.78 is 5.76. The van der Waals surface area contributed by atoms with Crippen LogP contribution in [-0.2, 0) is 9.53 Å². The minimum absolute atomic E-state index is 0.0717. The molecule has 12 heteroatoms. The Morgan fingerprint density at radius 3 is 2.18 bits per heavy atom. The number of unbranched alkanes of at least 4 members (excludes halogenated alkanes) is 1. The van der Waals surface area contributed by atoms with Crippen LogP contribution in [0.3, 0.4) is 0 Å². The molecule has 2 fully saturated rings. The number of esters is 1. The second kappa shape index (κ2) is 14.0. The molecule has 0 saturated carbocycles. The summed E-state index contributed by atoms with van der Waals surface area (Å²) >= 11 is 1.89. The first-order chi connectivity index (χ1) is 24.9. The van der Waals surface area contributed by atoms with Crippen molar-refractivity contribution >= 4 is 79.4 Å². The number of nitrogens with zero attached hydrogens (tertiary/aromatic N) is 4. The van der Waals surface area contributed by atoms with Crippen LogP contribution in [0, 0.1) is 0 Å². The first kappa shape index (κ1) is 32.7. The predicted octanol–water partition coefficient (Wildman–Crippen LogP) is 9.65. The molecule has 0 bridgehead atoms. The maximum atomic E-state index is 12.7. The second-order valence-electron chi connectivity index (χ2n) is 13.4. The third-order valence-corrected chi connectivity index (χ3v) is 11.1. The molecule has 258 valence electrons. The predicted molar refractivity (Wildman–Crippen MR) is 203 cm³/mol. The lowest BCUT2D eigenvalue weighted by Crippen LogP contribution is -2.49. The minimum Gasteiger partial charge on any atom is -0.461 e. The first-order valence-corrected chi connectivity index (χ1v) is 18.3. The Morgan fingerprint density at radius 2 is 1.41 bits per heavy atom. The number of nitrogens with one attached hydrogen (secondary N) is 4. The zero-order valence-corrected chi connectivity index (χ0v) is 29.0. The van der Waals surface area contributed by atoms with Gasteiger partial charge in [0.25, 0.3) is 0 Å². The van der Waals surface area contributed by atoms with Crippen molar-refractivity contribution in [3.8, 4) is 0 Å². The number of azo groups is 2.